The Hall–Kier alpha value is -0.220. The lowest BCUT2D eigenvalue weighted by molar-refractivity contribution is -0.130. The van der Waals surface area contributed by atoms with Crippen LogP contribution < -0.4 is 0 Å². The zero-order chi connectivity index (χ0) is 7.98. The second kappa shape index (κ2) is 5.56. The van der Waals surface area contributed by atoms with Crippen LogP contribution in [-0.4, -0.2) is 37.3 Å². The highest BCUT2D eigenvalue weighted by atomic mass is 32.2. The van der Waals surface area contributed by atoms with Crippen molar-refractivity contribution in [1.29, 1.82) is 0 Å². The SMILES string of the molecule is CC(=O)OSCCN(C)C. The summed E-state index contributed by atoms with van der Waals surface area (Å²) in [6, 6.07) is 0. The molecule has 0 rings (SSSR count). The third-order valence-corrected chi connectivity index (χ3v) is 1.50. The molecular weight excluding hydrogens is 150 g/mol. The largest absolute Gasteiger partial charge is 0.392 e. The molecule has 0 amide bonds. The van der Waals surface area contributed by atoms with Crippen molar-refractivity contribution in [2.75, 3.05) is 26.4 Å². The molecule has 0 N–H and O–H groups in total. The summed E-state index contributed by atoms with van der Waals surface area (Å²) in [7, 11) is 3.96. The summed E-state index contributed by atoms with van der Waals surface area (Å²) in [6.07, 6.45) is 0. The third-order valence-electron chi connectivity index (χ3n) is 0.798. The fraction of sp³-hybridized carbons (Fsp3) is 0.833. The van der Waals surface area contributed by atoms with Gasteiger partial charge in [0.1, 0.15) is 0 Å². The summed E-state index contributed by atoms with van der Waals surface area (Å²) in [5, 5.41) is 0. The van der Waals surface area contributed by atoms with Crippen molar-refractivity contribution in [1.82, 2.24) is 4.90 Å². The number of rotatable bonds is 4. The molecule has 10 heavy (non-hydrogen) atoms. The van der Waals surface area contributed by atoms with E-state index in [9.17, 15) is 4.79 Å². The monoisotopic (exact) mass is 163 g/mol. The molecule has 0 saturated heterocycles. The van der Waals surface area contributed by atoms with E-state index in [2.05, 4.69) is 4.18 Å². The molecule has 60 valence electrons. The fourth-order valence-electron chi connectivity index (χ4n) is 0.344. The number of nitrogens with zero attached hydrogens (tertiary/aromatic N) is 1. The van der Waals surface area contributed by atoms with Gasteiger partial charge in [0.05, 0.1) is 12.0 Å². The Morgan fingerprint density at radius 2 is 2.20 bits per heavy atom. The molecule has 0 atom stereocenters. The Labute approximate surface area is 65.9 Å². The van der Waals surface area contributed by atoms with E-state index in [4.69, 9.17) is 0 Å². The Kier molecular flexibility index (Phi) is 5.43. The van der Waals surface area contributed by atoms with E-state index in [1.165, 1.54) is 19.0 Å². The molecule has 0 bridgehead atoms. The van der Waals surface area contributed by atoms with Gasteiger partial charge in [0.25, 0.3) is 0 Å². The van der Waals surface area contributed by atoms with E-state index in [-0.39, 0.29) is 5.97 Å². The highest BCUT2D eigenvalue weighted by Crippen LogP contribution is 2.01. The molecular formula is C6H13NO2S. The molecule has 0 aliphatic rings. The molecule has 0 spiro atoms. The van der Waals surface area contributed by atoms with Crippen molar-refractivity contribution < 1.29 is 8.98 Å². The van der Waals surface area contributed by atoms with Crippen LogP contribution in [-0.2, 0) is 8.98 Å². The van der Waals surface area contributed by atoms with Gasteiger partial charge in [-0.05, 0) is 14.1 Å². The van der Waals surface area contributed by atoms with Crippen molar-refractivity contribution in [3.63, 3.8) is 0 Å². The summed E-state index contributed by atoms with van der Waals surface area (Å²) in [5.74, 6) is 0.593. The molecule has 0 radical (unpaired) electrons. The maximum absolute atomic E-state index is 10.2. The van der Waals surface area contributed by atoms with Crippen LogP contribution in [0.2, 0.25) is 0 Å². The smallest absolute Gasteiger partial charge is 0.314 e. The average molecular weight is 163 g/mol. The first-order valence-electron chi connectivity index (χ1n) is 3.07. The van der Waals surface area contributed by atoms with E-state index in [1.54, 1.807) is 0 Å². The average Bonchev–Trinajstić information content (AvgIpc) is 1.79. The highest BCUT2D eigenvalue weighted by Gasteiger charge is 1.94. The molecule has 0 aromatic heterocycles. The van der Waals surface area contributed by atoms with Crippen LogP contribution in [0.15, 0.2) is 0 Å². The van der Waals surface area contributed by atoms with Crippen LogP contribution in [0.5, 0.6) is 0 Å². The second-order valence-corrected chi connectivity index (χ2v) is 3.01. The molecule has 0 unspecified atom stereocenters. The van der Waals surface area contributed by atoms with Gasteiger partial charge in [0, 0.05) is 19.2 Å². The van der Waals surface area contributed by atoms with E-state index in [1.807, 2.05) is 19.0 Å². The molecule has 3 nitrogen and oxygen atoms in total. The van der Waals surface area contributed by atoms with Gasteiger partial charge in [-0.3, -0.25) is 4.79 Å². The minimum Gasteiger partial charge on any atom is -0.392 e. The van der Waals surface area contributed by atoms with Crippen LogP contribution in [0.3, 0.4) is 0 Å². The molecule has 0 aromatic rings. The second-order valence-electron chi connectivity index (χ2n) is 2.20. The van der Waals surface area contributed by atoms with E-state index < -0.39 is 0 Å². The standard InChI is InChI=1S/C6H13NO2S/c1-6(8)9-10-5-4-7(2)3/h4-5H2,1-3H3. The highest BCUT2D eigenvalue weighted by molar-refractivity contribution is 7.95. The van der Waals surface area contributed by atoms with Crippen molar-refractivity contribution in [2.24, 2.45) is 0 Å². The topological polar surface area (TPSA) is 29.5 Å². The van der Waals surface area contributed by atoms with Crippen LogP contribution in [0.4, 0.5) is 0 Å². The van der Waals surface area contributed by atoms with Crippen LogP contribution in [0, 0.1) is 0 Å². The van der Waals surface area contributed by atoms with Crippen molar-refractivity contribution in [3.05, 3.63) is 0 Å². The molecule has 4 heteroatoms. The fourth-order valence-corrected chi connectivity index (χ4v) is 1.03. The minimum atomic E-state index is -0.233. The zero-order valence-electron chi connectivity index (χ0n) is 6.59. The van der Waals surface area contributed by atoms with Gasteiger partial charge in [-0.15, -0.1) is 0 Å². The van der Waals surface area contributed by atoms with Gasteiger partial charge in [0.15, 0.2) is 0 Å². The van der Waals surface area contributed by atoms with Crippen LogP contribution >= 0.6 is 12.0 Å². The third kappa shape index (κ3) is 7.78. The van der Waals surface area contributed by atoms with Gasteiger partial charge < -0.3 is 9.08 Å². The van der Waals surface area contributed by atoms with Gasteiger partial charge in [-0.2, -0.15) is 0 Å². The van der Waals surface area contributed by atoms with Crippen LogP contribution in [0.25, 0.3) is 0 Å². The summed E-state index contributed by atoms with van der Waals surface area (Å²) in [4.78, 5) is 12.3. The maximum Gasteiger partial charge on any atom is 0.314 e. The Morgan fingerprint density at radius 1 is 1.60 bits per heavy atom. The number of carbonyl (C=O) groups is 1. The first kappa shape index (κ1) is 9.78. The summed E-state index contributed by atoms with van der Waals surface area (Å²) < 4.78 is 4.64. The van der Waals surface area contributed by atoms with Gasteiger partial charge in [0.2, 0.25) is 0 Å². The Balaban J connectivity index is 2.98. The van der Waals surface area contributed by atoms with Gasteiger partial charge in [-0.25, -0.2) is 0 Å². The van der Waals surface area contributed by atoms with Crippen LogP contribution in [0.1, 0.15) is 6.92 Å². The summed E-state index contributed by atoms with van der Waals surface area (Å²) in [6.45, 7) is 2.33. The number of hydrogen-bond acceptors (Lipinski definition) is 4. The van der Waals surface area contributed by atoms with E-state index >= 15 is 0 Å². The first-order chi connectivity index (χ1) is 4.63. The zero-order valence-corrected chi connectivity index (χ0v) is 7.40. The molecule has 0 aliphatic heterocycles. The predicted molar refractivity (Wildman–Crippen MR) is 42.8 cm³/mol. The molecule has 0 heterocycles. The molecule has 0 saturated carbocycles. The lowest BCUT2D eigenvalue weighted by Crippen LogP contribution is -2.15. The predicted octanol–water partition coefficient (Wildman–Crippen LogP) is 0.759. The molecule has 0 fully saturated rings. The number of carbonyl (C=O) groups excluding carboxylic acids is 1. The van der Waals surface area contributed by atoms with Crippen molar-refractivity contribution in [3.8, 4) is 0 Å². The van der Waals surface area contributed by atoms with Crippen molar-refractivity contribution in [2.45, 2.75) is 6.92 Å². The summed E-state index contributed by atoms with van der Waals surface area (Å²) in [5.41, 5.74) is 0. The Bertz CT molecular complexity index is 106. The molecule has 0 aromatic carbocycles. The number of hydrogen-bond donors (Lipinski definition) is 0. The quantitative estimate of drug-likeness (QED) is 0.452. The summed E-state index contributed by atoms with van der Waals surface area (Å²) >= 11 is 1.20. The Morgan fingerprint density at radius 3 is 2.60 bits per heavy atom. The van der Waals surface area contributed by atoms with E-state index in [0.29, 0.717) is 0 Å². The molecule has 0 aliphatic carbocycles. The maximum atomic E-state index is 10.2. The van der Waals surface area contributed by atoms with Crippen molar-refractivity contribution >= 4 is 18.0 Å². The first-order valence-corrected chi connectivity index (χ1v) is 3.98. The van der Waals surface area contributed by atoms with E-state index in [0.717, 1.165) is 12.3 Å². The lowest BCUT2D eigenvalue weighted by atomic mass is 10.7. The van der Waals surface area contributed by atoms with Gasteiger partial charge >= 0.3 is 5.97 Å². The van der Waals surface area contributed by atoms with Gasteiger partial charge in [-0.1, -0.05) is 0 Å². The lowest BCUT2D eigenvalue weighted by Gasteiger charge is -2.06. The minimum absolute atomic E-state index is 0.233. The normalized spacial score (nSPS) is 10.0.